The zero-order chi connectivity index (χ0) is 24.1. The van der Waals surface area contributed by atoms with Gasteiger partial charge < -0.3 is 0 Å². The lowest BCUT2D eigenvalue weighted by Crippen LogP contribution is -2.32. The third-order valence-electron chi connectivity index (χ3n) is 5.47. The number of carbonyl (C=O) groups excluding carboxylic acids is 1. The number of nitrogens with zero attached hydrogens (tertiary/aromatic N) is 2. The van der Waals surface area contributed by atoms with E-state index >= 15 is 0 Å². The van der Waals surface area contributed by atoms with Crippen molar-refractivity contribution in [3.8, 4) is 11.3 Å². The van der Waals surface area contributed by atoms with Gasteiger partial charge in [-0.2, -0.15) is 4.31 Å². The van der Waals surface area contributed by atoms with Gasteiger partial charge in [0.05, 0.1) is 10.6 Å². The zero-order valence-electron chi connectivity index (χ0n) is 19.2. The summed E-state index contributed by atoms with van der Waals surface area (Å²) in [5.74, 6) is -0.331. The van der Waals surface area contributed by atoms with Gasteiger partial charge in [0, 0.05) is 29.6 Å². The Morgan fingerprint density at radius 1 is 0.941 bits per heavy atom. The molecule has 34 heavy (non-hydrogen) atoms. The highest BCUT2D eigenvalue weighted by Crippen LogP contribution is 2.28. The zero-order valence-corrected chi connectivity index (χ0v) is 20.8. The van der Waals surface area contributed by atoms with Crippen LogP contribution >= 0.6 is 11.3 Å². The van der Waals surface area contributed by atoms with Crippen molar-refractivity contribution in [2.24, 2.45) is 0 Å². The predicted molar refractivity (Wildman–Crippen MR) is 139 cm³/mol. The lowest BCUT2D eigenvalue weighted by Gasteiger charge is -2.21. The second-order valence-corrected chi connectivity index (χ2v) is 10.8. The second-order valence-electron chi connectivity index (χ2n) is 7.98. The van der Waals surface area contributed by atoms with Gasteiger partial charge in [0.25, 0.3) is 5.91 Å². The van der Waals surface area contributed by atoms with Gasteiger partial charge in [-0.25, -0.2) is 13.4 Å². The van der Waals surface area contributed by atoms with Crippen molar-refractivity contribution in [3.05, 3.63) is 77.7 Å². The Hall–Kier alpha value is -3.07. The smallest absolute Gasteiger partial charge is 0.257 e. The van der Waals surface area contributed by atoms with Gasteiger partial charge in [-0.3, -0.25) is 10.1 Å². The van der Waals surface area contributed by atoms with Crippen LogP contribution in [-0.4, -0.2) is 36.7 Å². The van der Waals surface area contributed by atoms with Crippen molar-refractivity contribution in [3.63, 3.8) is 0 Å². The van der Waals surface area contributed by atoms with Gasteiger partial charge in [0.2, 0.25) is 10.0 Å². The van der Waals surface area contributed by atoms with Gasteiger partial charge in [-0.15, -0.1) is 11.3 Å². The van der Waals surface area contributed by atoms with Crippen molar-refractivity contribution in [2.45, 2.75) is 31.6 Å². The number of thiazole rings is 1. The minimum atomic E-state index is -3.58. The number of fused-ring (bicyclic) bond motifs is 1. The first-order valence-corrected chi connectivity index (χ1v) is 13.6. The van der Waals surface area contributed by atoms with Crippen LogP contribution in [0.5, 0.6) is 0 Å². The normalized spacial score (nSPS) is 11.7. The molecule has 0 aliphatic carbocycles. The maximum atomic E-state index is 12.9. The average Bonchev–Trinajstić information content (AvgIpc) is 3.32. The Morgan fingerprint density at radius 2 is 1.62 bits per heavy atom. The van der Waals surface area contributed by atoms with Crippen molar-refractivity contribution in [1.82, 2.24) is 9.29 Å². The minimum absolute atomic E-state index is 0.193. The molecule has 0 aliphatic heterocycles. The Bertz CT molecular complexity index is 1390. The molecule has 1 heterocycles. The molecule has 0 aliphatic rings. The number of aromatic nitrogens is 1. The van der Waals surface area contributed by atoms with E-state index in [0.717, 1.165) is 34.9 Å². The molecule has 0 unspecified atom stereocenters. The second kappa shape index (κ2) is 10.5. The molecule has 4 rings (SSSR count). The van der Waals surface area contributed by atoms with E-state index in [-0.39, 0.29) is 10.8 Å². The fourth-order valence-corrected chi connectivity index (χ4v) is 6.10. The van der Waals surface area contributed by atoms with Crippen molar-refractivity contribution in [2.75, 3.05) is 18.4 Å². The van der Waals surface area contributed by atoms with Gasteiger partial charge in [0.15, 0.2) is 5.13 Å². The highest BCUT2D eigenvalue weighted by molar-refractivity contribution is 7.89. The minimum Gasteiger partial charge on any atom is -0.298 e. The molecule has 0 fully saturated rings. The van der Waals surface area contributed by atoms with Crippen LogP contribution < -0.4 is 5.32 Å². The van der Waals surface area contributed by atoms with Crippen LogP contribution in [0.1, 0.15) is 37.0 Å². The summed E-state index contributed by atoms with van der Waals surface area (Å²) in [5.41, 5.74) is 2.15. The quantitative estimate of drug-likeness (QED) is 0.309. The van der Waals surface area contributed by atoms with E-state index in [2.05, 4.69) is 34.6 Å². The fourth-order valence-electron chi connectivity index (χ4n) is 3.76. The molecule has 6 nitrogen and oxygen atoms in total. The Morgan fingerprint density at radius 3 is 2.29 bits per heavy atom. The number of rotatable bonds is 9. The third-order valence-corrected chi connectivity index (χ3v) is 8.14. The van der Waals surface area contributed by atoms with Crippen LogP contribution in [0.4, 0.5) is 5.13 Å². The highest BCUT2D eigenvalue weighted by Gasteiger charge is 2.23. The molecular weight excluding hydrogens is 466 g/mol. The molecule has 0 saturated heterocycles. The largest absolute Gasteiger partial charge is 0.298 e. The predicted octanol–water partition coefficient (Wildman–Crippen LogP) is 6.03. The molecule has 8 heteroatoms. The molecule has 0 radical (unpaired) electrons. The molecular formula is C26H27N3O3S2. The first kappa shape index (κ1) is 24.1. The maximum Gasteiger partial charge on any atom is 0.257 e. The monoisotopic (exact) mass is 493 g/mol. The van der Waals surface area contributed by atoms with Crippen LogP contribution in [0.15, 0.2) is 77.0 Å². The summed E-state index contributed by atoms with van der Waals surface area (Å²) >= 11 is 1.35. The first-order chi connectivity index (χ1) is 16.4. The number of hydrogen-bond acceptors (Lipinski definition) is 5. The summed E-state index contributed by atoms with van der Waals surface area (Å²) in [6.45, 7) is 4.86. The molecule has 176 valence electrons. The molecule has 1 amide bonds. The molecule has 0 atom stereocenters. The van der Waals surface area contributed by atoms with Crippen molar-refractivity contribution >= 4 is 43.2 Å². The lowest BCUT2D eigenvalue weighted by molar-refractivity contribution is 0.102. The van der Waals surface area contributed by atoms with Gasteiger partial charge in [-0.05, 0) is 53.9 Å². The molecule has 4 aromatic rings. The van der Waals surface area contributed by atoms with E-state index in [1.54, 1.807) is 0 Å². The first-order valence-electron chi connectivity index (χ1n) is 11.3. The highest BCUT2D eigenvalue weighted by atomic mass is 32.2. The molecule has 0 saturated carbocycles. The summed E-state index contributed by atoms with van der Waals surface area (Å²) in [6, 6.07) is 20.3. The van der Waals surface area contributed by atoms with Crippen LogP contribution in [0, 0.1) is 0 Å². The standard InChI is InChI=1S/C26H27N3O3S2/c1-3-15-29(16-4-2)34(31,32)23-13-11-20(12-14-23)25(30)28-26-27-24(18-33-26)22-10-9-19-7-5-6-8-21(19)17-22/h5-14,17-18H,3-4,15-16H2,1-2H3,(H,27,28,30). The maximum absolute atomic E-state index is 12.9. The fraction of sp³-hybridized carbons (Fsp3) is 0.231. The summed E-state index contributed by atoms with van der Waals surface area (Å²) in [7, 11) is -3.58. The summed E-state index contributed by atoms with van der Waals surface area (Å²) in [6.07, 6.45) is 1.49. The van der Waals surface area contributed by atoms with Crippen LogP contribution in [0.2, 0.25) is 0 Å². The number of benzene rings is 3. The molecule has 0 bridgehead atoms. The number of carbonyl (C=O) groups is 1. The average molecular weight is 494 g/mol. The number of sulfonamides is 1. The van der Waals surface area contributed by atoms with Crippen LogP contribution in [0.25, 0.3) is 22.0 Å². The molecule has 1 aromatic heterocycles. The Labute approximate surface area is 204 Å². The SMILES string of the molecule is CCCN(CCC)S(=O)(=O)c1ccc(C(=O)Nc2nc(-c3ccc4ccccc4c3)cs2)cc1. The van der Waals surface area contributed by atoms with E-state index in [9.17, 15) is 13.2 Å². The summed E-state index contributed by atoms with van der Waals surface area (Å²) in [4.78, 5) is 17.5. The van der Waals surface area contributed by atoms with Crippen LogP contribution in [-0.2, 0) is 10.0 Å². The molecule has 0 spiro atoms. The summed E-state index contributed by atoms with van der Waals surface area (Å²) in [5, 5.41) is 7.50. The number of nitrogens with one attached hydrogen (secondary N) is 1. The van der Waals surface area contributed by atoms with E-state index in [4.69, 9.17) is 0 Å². The Balaban J connectivity index is 1.47. The van der Waals surface area contributed by atoms with Crippen molar-refractivity contribution < 1.29 is 13.2 Å². The van der Waals surface area contributed by atoms with E-state index in [1.165, 1.54) is 39.9 Å². The van der Waals surface area contributed by atoms with E-state index < -0.39 is 10.0 Å². The lowest BCUT2D eigenvalue weighted by atomic mass is 10.1. The molecule has 3 aromatic carbocycles. The van der Waals surface area contributed by atoms with E-state index in [1.807, 2.05) is 37.4 Å². The number of hydrogen-bond donors (Lipinski definition) is 1. The third kappa shape index (κ3) is 5.19. The summed E-state index contributed by atoms with van der Waals surface area (Å²) < 4.78 is 27.3. The van der Waals surface area contributed by atoms with Crippen molar-refractivity contribution in [1.29, 1.82) is 0 Å². The van der Waals surface area contributed by atoms with Crippen LogP contribution in [0.3, 0.4) is 0 Å². The van der Waals surface area contributed by atoms with Gasteiger partial charge in [-0.1, -0.05) is 50.2 Å². The number of anilines is 1. The van der Waals surface area contributed by atoms with Gasteiger partial charge >= 0.3 is 0 Å². The number of amides is 1. The molecule has 1 N–H and O–H groups in total. The van der Waals surface area contributed by atoms with Gasteiger partial charge in [0.1, 0.15) is 0 Å². The Kier molecular flexibility index (Phi) is 7.41. The van der Waals surface area contributed by atoms with E-state index in [0.29, 0.717) is 23.8 Å². The topological polar surface area (TPSA) is 79.4 Å².